The third-order valence-electron chi connectivity index (χ3n) is 10.7. The van der Waals surface area contributed by atoms with Crippen molar-refractivity contribution in [3.63, 3.8) is 0 Å². The van der Waals surface area contributed by atoms with Crippen molar-refractivity contribution in [1.82, 2.24) is 25.5 Å². The Labute approximate surface area is 365 Å². The minimum Gasteiger partial charge on any atom is -0.483 e. The number of aromatic nitrogens is 2. The summed E-state index contributed by atoms with van der Waals surface area (Å²) < 4.78 is 5.59. The summed E-state index contributed by atoms with van der Waals surface area (Å²) in [4.78, 5) is 112. The van der Waals surface area contributed by atoms with Crippen LogP contribution in [-0.4, -0.2) is 87.9 Å². The Morgan fingerprint density at radius 1 is 0.781 bits per heavy atom. The number of anilines is 5. The van der Waals surface area contributed by atoms with Crippen LogP contribution in [0, 0.1) is 0 Å². The summed E-state index contributed by atoms with van der Waals surface area (Å²) in [6.07, 6.45) is 6.70. The van der Waals surface area contributed by atoms with Crippen LogP contribution in [0.4, 0.5) is 28.6 Å². The molecule has 5 heterocycles. The van der Waals surface area contributed by atoms with Crippen LogP contribution in [0.15, 0.2) is 104 Å². The number of carbonyl (C=O) groups is 8. The SMILES string of the molecule is O=C(COc1cccc2c1C(=O)N(C1CCC(=O)NC1=O)C2=O)NCCCC(=O)Nc1ccc(C(=O)Nc2cncc(Nc3ccc(-c4ccc(N5CCCC5=O)cc4)cn3)c2)cc1. The summed E-state index contributed by atoms with van der Waals surface area (Å²) >= 11 is 0. The van der Waals surface area contributed by atoms with E-state index >= 15 is 0 Å². The van der Waals surface area contributed by atoms with Gasteiger partial charge in [0.15, 0.2) is 6.61 Å². The summed E-state index contributed by atoms with van der Waals surface area (Å²) in [5, 5.41) is 13.6. The zero-order valence-corrected chi connectivity index (χ0v) is 34.2. The summed E-state index contributed by atoms with van der Waals surface area (Å²) in [5.41, 5.74) is 4.62. The van der Waals surface area contributed by atoms with Gasteiger partial charge in [0.05, 0.1) is 34.9 Å². The first kappa shape index (κ1) is 42.4. The molecule has 1 atom stereocenters. The van der Waals surface area contributed by atoms with Gasteiger partial charge in [-0.15, -0.1) is 0 Å². The van der Waals surface area contributed by atoms with Gasteiger partial charge in [0.25, 0.3) is 23.6 Å². The normalized spacial score (nSPS) is 15.7. The molecule has 0 aliphatic carbocycles. The Morgan fingerprint density at radius 2 is 1.56 bits per heavy atom. The monoisotopic (exact) mass is 863 g/mol. The van der Waals surface area contributed by atoms with Gasteiger partial charge in [-0.05, 0) is 91.6 Å². The molecule has 3 aromatic carbocycles. The molecule has 5 aromatic rings. The van der Waals surface area contributed by atoms with Gasteiger partial charge in [-0.2, -0.15) is 0 Å². The molecule has 0 spiro atoms. The van der Waals surface area contributed by atoms with E-state index in [1.165, 1.54) is 24.4 Å². The molecule has 18 heteroatoms. The number of carbonyl (C=O) groups excluding carboxylic acids is 8. The zero-order valence-electron chi connectivity index (χ0n) is 34.2. The molecule has 8 rings (SSSR count). The van der Waals surface area contributed by atoms with Crippen molar-refractivity contribution >= 4 is 75.8 Å². The summed E-state index contributed by atoms with van der Waals surface area (Å²) in [5.74, 6) is -3.16. The van der Waals surface area contributed by atoms with Gasteiger partial charge in [-0.25, -0.2) is 4.98 Å². The Morgan fingerprint density at radius 3 is 2.30 bits per heavy atom. The fourth-order valence-electron chi connectivity index (χ4n) is 7.53. The number of fused-ring (bicyclic) bond motifs is 1. The van der Waals surface area contributed by atoms with E-state index in [9.17, 15) is 38.4 Å². The standard InChI is InChI=1S/C46H41N9O9/c56-38(6-2-20-48-40(58)26-64-36-5-1-4-34-42(36)46(63)55(45(34)62)35-17-19-39(57)53-44(35)61)51-30-13-8-28(9-14-30)43(60)52-32-22-31(24-47-25-32)50-37-18-12-29(23-49-37)27-10-15-33(16-11-27)54-21-3-7-41(54)59/h1,4-5,8-16,18,22-25,35H,2-3,6-7,17,19-21,26H2,(H,48,58)(H,49,50)(H,51,56)(H,52,60)(H,53,57,61). The van der Waals surface area contributed by atoms with Crippen LogP contribution in [-0.2, 0) is 24.0 Å². The van der Waals surface area contributed by atoms with Gasteiger partial charge in [0.1, 0.15) is 17.6 Å². The molecule has 64 heavy (non-hydrogen) atoms. The second-order valence-corrected chi connectivity index (χ2v) is 15.2. The van der Waals surface area contributed by atoms with Crippen LogP contribution in [0.3, 0.4) is 0 Å². The highest BCUT2D eigenvalue weighted by Crippen LogP contribution is 2.34. The predicted molar refractivity (Wildman–Crippen MR) is 233 cm³/mol. The lowest BCUT2D eigenvalue weighted by atomic mass is 10.0. The molecular weight excluding hydrogens is 823 g/mol. The van der Waals surface area contributed by atoms with E-state index < -0.39 is 42.2 Å². The Kier molecular flexibility index (Phi) is 12.4. The van der Waals surface area contributed by atoms with E-state index in [0.29, 0.717) is 41.3 Å². The Bertz CT molecular complexity index is 2670. The van der Waals surface area contributed by atoms with E-state index in [-0.39, 0.29) is 60.4 Å². The van der Waals surface area contributed by atoms with Crippen LogP contribution in [0.5, 0.6) is 5.75 Å². The number of rotatable bonds is 15. The third-order valence-corrected chi connectivity index (χ3v) is 10.7. The maximum Gasteiger partial charge on any atom is 0.266 e. The molecule has 0 saturated carbocycles. The topological polar surface area (TPSA) is 238 Å². The van der Waals surface area contributed by atoms with Crippen LogP contribution in [0.1, 0.15) is 69.6 Å². The van der Waals surface area contributed by atoms with Crippen molar-refractivity contribution in [2.75, 3.05) is 40.5 Å². The quantitative estimate of drug-likeness (QED) is 0.0718. The van der Waals surface area contributed by atoms with Crippen LogP contribution < -0.4 is 36.2 Å². The number of hydrogen-bond acceptors (Lipinski definition) is 12. The fraction of sp³-hybridized carbons (Fsp3) is 0.217. The van der Waals surface area contributed by atoms with E-state index in [1.807, 2.05) is 36.4 Å². The van der Waals surface area contributed by atoms with Crippen LogP contribution >= 0.6 is 0 Å². The highest BCUT2D eigenvalue weighted by Gasteiger charge is 2.46. The number of nitrogens with zero attached hydrogens (tertiary/aromatic N) is 4. The average molecular weight is 864 g/mol. The first-order chi connectivity index (χ1) is 31.0. The van der Waals surface area contributed by atoms with Gasteiger partial charge in [0, 0.05) is 61.1 Å². The van der Waals surface area contributed by atoms with Crippen molar-refractivity contribution in [3.05, 3.63) is 120 Å². The maximum atomic E-state index is 13.2. The van der Waals surface area contributed by atoms with Crippen molar-refractivity contribution in [2.45, 2.75) is 44.6 Å². The van der Waals surface area contributed by atoms with Crippen molar-refractivity contribution in [3.8, 4) is 16.9 Å². The van der Waals surface area contributed by atoms with E-state index in [2.05, 4.69) is 36.6 Å². The molecule has 3 aliphatic rings. The van der Waals surface area contributed by atoms with Gasteiger partial charge >= 0.3 is 0 Å². The minimum atomic E-state index is -1.14. The first-order valence-corrected chi connectivity index (χ1v) is 20.5. The lowest BCUT2D eigenvalue weighted by Crippen LogP contribution is -2.54. The first-order valence-electron chi connectivity index (χ1n) is 20.5. The summed E-state index contributed by atoms with van der Waals surface area (Å²) in [6.45, 7) is 0.412. The molecule has 2 saturated heterocycles. The number of pyridine rings is 2. The predicted octanol–water partition coefficient (Wildman–Crippen LogP) is 4.58. The molecule has 2 fully saturated rings. The van der Waals surface area contributed by atoms with E-state index in [1.54, 1.807) is 47.6 Å². The smallest absolute Gasteiger partial charge is 0.266 e. The van der Waals surface area contributed by atoms with E-state index in [0.717, 1.165) is 34.7 Å². The summed E-state index contributed by atoms with van der Waals surface area (Å²) in [7, 11) is 0. The zero-order chi connectivity index (χ0) is 44.7. The number of hydrogen-bond donors (Lipinski definition) is 5. The molecule has 0 bridgehead atoms. The largest absolute Gasteiger partial charge is 0.483 e. The van der Waals surface area contributed by atoms with Gasteiger partial charge < -0.3 is 30.9 Å². The Balaban J connectivity index is 0.748. The van der Waals surface area contributed by atoms with Gasteiger partial charge in [0.2, 0.25) is 23.6 Å². The molecule has 5 N–H and O–H groups in total. The highest BCUT2D eigenvalue weighted by atomic mass is 16.5. The number of ether oxygens (including phenoxy) is 1. The Hall–Kier alpha value is -8.28. The molecule has 0 radical (unpaired) electrons. The van der Waals surface area contributed by atoms with Crippen molar-refractivity contribution in [1.29, 1.82) is 0 Å². The lowest BCUT2D eigenvalue weighted by Gasteiger charge is -2.27. The van der Waals surface area contributed by atoms with Crippen LogP contribution in [0.25, 0.3) is 11.1 Å². The molecule has 324 valence electrons. The number of benzene rings is 3. The van der Waals surface area contributed by atoms with E-state index in [4.69, 9.17) is 4.74 Å². The molecule has 2 aromatic heterocycles. The molecule has 18 nitrogen and oxygen atoms in total. The fourth-order valence-corrected chi connectivity index (χ4v) is 7.53. The second-order valence-electron chi connectivity index (χ2n) is 15.2. The molecule has 3 aliphatic heterocycles. The van der Waals surface area contributed by atoms with Crippen molar-refractivity contribution < 1.29 is 43.1 Å². The van der Waals surface area contributed by atoms with Gasteiger partial charge in [-0.1, -0.05) is 18.2 Å². The number of piperidine rings is 1. The third kappa shape index (κ3) is 9.60. The average Bonchev–Trinajstić information content (AvgIpc) is 3.84. The minimum absolute atomic E-state index is 0.00323. The lowest BCUT2D eigenvalue weighted by molar-refractivity contribution is -0.136. The highest BCUT2D eigenvalue weighted by molar-refractivity contribution is 6.24. The second kappa shape index (κ2) is 18.8. The number of nitrogens with one attached hydrogen (secondary N) is 5. The maximum absolute atomic E-state index is 13.2. The summed E-state index contributed by atoms with van der Waals surface area (Å²) in [6, 6.07) is 22.9. The molecule has 1 unspecified atom stereocenters. The molecule has 8 amide bonds. The number of imide groups is 2. The number of amides is 8. The van der Waals surface area contributed by atoms with Gasteiger partial charge in [-0.3, -0.25) is 53.6 Å². The molecular formula is C46H41N9O9. The van der Waals surface area contributed by atoms with Crippen LogP contribution in [0.2, 0.25) is 0 Å². The van der Waals surface area contributed by atoms with Crippen molar-refractivity contribution in [2.24, 2.45) is 0 Å².